The number of unbranched alkanes of at least 4 members (excludes halogenated alkanes) is 1. The van der Waals surface area contributed by atoms with Crippen molar-refractivity contribution in [2.24, 2.45) is 0 Å². The van der Waals surface area contributed by atoms with Gasteiger partial charge < -0.3 is 9.16 Å². The van der Waals surface area contributed by atoms with Crippen molar-refractivity contribution >= 4 is 9.76 Å². The third-order valence-corrected chi connectivity index (χ3v) is 2.14. The van der Waals surface area contributed by atoms with Gasteiger partial charge in [-0.2, -0.15) is 0 Å². The first-order valence-corrected chi connectivity index (χ1v) is 4.98. The van der Waals surface area contributed by atoms with Crippen LogP contribution in [0.25, 0.3) is 0 Å². The minimum absolute atomic E-state index is 0.624. The van der Waals surface area contributed by atoms with Gasteiger partial charge in [-0.05, 0) is 12.5 Å². The van der Waals surface area contributed by atoms with Gasteiger partial charge in [-0.3, -0.25) is 0 Å². The molecule has 0 heterocycles. The molecule has 0 aromatic heterocycles. The van der Waals surface area contributed by atoms with Crippen LogP contribution in [0.15, 0.2) is 12.7 Å². The number of ether oxygens (including phenoxy) is 1. The summed E-state index contributed by atoms with van der Waals surface area (Å²) in [4.78, 5) is 0. The fraction of sp³-hybridized carbons (Fsp3) is 0.750. The Hall–Kier alpha value is -0.123. The van der Waals surface area contributed by atoms with Crippen molar-refractivity contribution in [3.63, 3.8) is 0 Å². The molecule has 0 rings (SSSR count). The Morgan fingerprint density at radius 3 is 2.91 bits per heavy atom. The second-order valence-corrected chi connectivity index (χ2v) is 3.24. The third kappa shape index (κ3) is 9.88. The van der Waals surface area contributed by atoms with Crippen LogP contribution in [0.3, 0.4) is 0 Å². The molecule has 0 N–H and O–H groups in total. The maximum absolute atomic E-state index is 5.29. The van der Waals surface area contributed by atoms with E-state index in [0.717, 1.165) is 19.1 Å². The predicted molar refractivity (Wildman–Crippen MR) is 47.8 cm³/mol. The van der Waals surface area contributed by atoms with Crippen LogP contribution in [0.5, 0.6) is 0 Å². The van der Waals surface area contributed by atoms with Crippen molar-refractivity contribution in [1.82, 2.24) is 0 Å². The molecule has 0 aromatic carbocycles. The minimum Gasteiger partial charge on any atom is -0.415 e. The smallest absolute Gasteiger partial charge is 0.229 e. The molecular formula is C8H16O2Si. The van der Waals surface area contributed by atoms with E-state index in [-0.39, 0.29) is 0 Å². The summed E-state index contributed by atoms with van der Waals surface area (Å²) in [6, 6.07) is 1.15. The van der Waals surface area contributed by atoms with Crippen LogP contribution in [0.4, 0.5) is 0 Å². The van der Waals surface area contributed by atoms with E-state index < -0.39 is 0 Å². The summed E-state index contributed by atoms with van der Waals surface area (Å²) in [6.07, 6.45) is 4.23. The van der Waals surface area contributed by atoms with Crippen molar-refractivity contribution in [2.45, 2.75) is 18.9 Å². The largest absolute Gasteiger partial charge is 0.415 e. The average molecular weight is 172 g/mol. The monoisotopic (exact) mass is 172 g/mol. The number of allylic oxidation sites excluding steroid dienone is 1. The topological polar surface area (TPSA) is 18.5 Å². The lowest BCUT2D eigenvalue weighted by atomic mass is 10.3. The van der Waals surface area contributed by atoms with Gasteiger partial charge in [-0.15, -0.1) is 6.58 Å². The van der Waals surface area contributed by atoms with Crippen LogP contribution < -0.4 is 0 Å². The Balaban J connectivity index is 2.74. The summed E-state index contributed by atoms with van der Waals surface area (Å²) in [5.41, 5.74) is 0. The van der Waals surface area contributed by atoms with Gasteiger partial charge in [-0.1, -0.05) is 12.5 Å². The Kier molecular flexibility index (Phi) is 9.77. The lowest BCUT2D eigenvalue weighted by Gasteiger charge is -1.99. The van der Waals surface area contributed by atoms with Gasteiger partial charge in [0.1, 0.15) is 0 Å². The van der Waals surface area contributed by atoms with Gasteiger partial charge in [-0.25, -0.2) is 0 Å². The van der Waals surface area contributed by atoms with Gasteiger partial charge in [0, 0.05) is 7.11 Å². The SMILES string of the molecule is C=CCCC[Si]OCCOC. The summed E-state index contributed by atoms with van der Waals surface area (Å²) < 4.78 is 10.1. The van der Waals surface area contributed by atoms with Crippen molar-refractivity contribution in [3.05, 3.63) is 12.7 Å². The van der Waals surface area contributed by atoms with Crippen LogP contribution in [0.2, 0.25) is 6.04 Å². The highest BCUT2D eigenvalue weighted by Gasteiger charge is 1.90. The van der Waals surface area contributed by atoms with Crippen LogP contribution in [-0.4, -0.2) is 30.1 Å². The third-order valence-electron chi connectivity index (χ3n) is 1.18. The molecule has 0 spiro atoms. The molecule has 0 bridgehead atoms. The Morgan fingerprint density at radius 2 is 2.27 bits per heavy atom. The minimum atomic E-state index is 0.624. The molecule has 0 aliphatic rings. The predicted octanol–water partition coefficient (Wildman–Crippen LogP) is 1.65. The summed E-state index contributed by atoms with van der Waals surface area (Å²) in [7, 11) is 2.31. The lowest BCUT2D eigenvalue weighted by molar-refractivity contribution is 0.149. The number of rotatable bonds is 8. The molecule has 2 nitrogen and oxygen atoms in total. The molecule has 11 heavy (non-hydrogen) atoms. The highest BCUT2D eigenvalue weighted by molar-refractivity contribution is 6.26. The van der Waals surface area contributed by atoms with Gasteiger partial charge in [0.05, 0.1) is 13.2 Å². The molecule has 3 heteroatoms. The van der Waals surface area contributed by atoms with E-state index in [9.17, 15) is 0 Å². The van der Waals surface area contributed by atoms with E-state index in [2.05, 4.69) is 6.58 Å². The zero-order valence-corrected chi connectivity index (χ0v) is 8.14. The average Bonchev–Trinajstić information content (AvgIpc) is 2.03. The molecule has 0 aromatic rings. The Morgan fingerprint density at radius 1 is 1.45 bits per heavy atom. The van der Waals surface area contributed by atoms with E-state index in [1.54, 1.807) is 7.11 Å². The molecule has 64 valence electrons. The summed E-state index contributed by atoms with van der Waals surface area (Å²) in [5, 5.41) is 0. The van der Waals surface area contributed by atoms with E-state index in [4.69, 9.17) is 9.16 Å². The zero-order chi connectivity index (χ0) is 8.36. The Labute approximate surface area is 71.5 Å². The molecule has 0 fully saturated rings. The summed E-state index contributed by atoms with van der Waals surface area (Å²) in [6.45, 7) is 5.08. The number of hydrogen-bond acceptors (Lipinski definition) is 2. The molecule has 0 saturated carbocycles. The quantitative estimate of drug-likeness (QED) is 0.315. The highest BCUT2D eigenvalue weighted by atomic mass is 28.2. The van der Waals surface area contributed by atoms with Crippen LogP contribution in [-0.2, 0) is 9.16 Å². The zero-order valence-electron chi connectivity index (χ0n) is 7.14. The lowest BCUT2D eigenvalue weighted by Crippen LogP contribution is -2.05. The molecule has 0 amide bonds. The maximum atomic E-state index is 5.29. The second-order valence-electron chi connectivity index (χ2n) is 2.17. The van der Waals surface area contributed by atoms with Crippen molar-refractivity contribution in [2.75, 3.05) is 20.3 Å². The fourth-order valence-corrected chi connectivity index (χ4v) is 1.31. The molecule has 0 atom stereocenters. The first-order valence-electron chi connectivity index (χ1n) is 3.86. The van der Waals surface area contributed by atoms with E-state index in [1.807, 2.05) is 6.08 Å². The van der Waals surface area contributed by atoms with Gasteiger partial charge in [0.25, 0.3) is 0 Å². The fourth-order valence-electron chi connectivity index (χ4n) is 0.588. The first kappa shape index (κ1) is 10.9. The molecule has 0 aliphatic carbocycles. The van der Waals surface area contributed by atoms with Gasteiger partial charge >= 0.3 is 0 Å². The van der Waals surface area contributed by atoms with E-state index >= 15 is 0 Å². The van der Waals surface area contributed by atoms with Crippen molar-refractivity contribution in [1.29, 1.82) is 0 Å². The van der Waals surface area contributed by atoms with Gasteiger partial charge in [0.15, 0.2) is 0 Å². The maximum Gasteiger partial charge on any atom is 0.229 e. The van der Waals surface area contributed by atoms with E-state index in [1.165, 1.54) is 6.42 Å². The standard InChI is InChI=1S/C8H16O2Si/c1-3-4-5-8-11-10-7-6-9-2/h3H,1,4-8H2,2H3. The van der Waals surface area contributed by atoms with Crippen molar-refractivity contribution in [3.8, 4) is 0 Å². The molecule has 0 saturated heterocycles. The Bertz CT molecular complexity index is 86.2. The first-order chi connectivity index (χ1) is 5.41. The van der Waals surface area contributed by atoms with Crippen molar-refractivity contribution < 1.29 is 9.16 Å². The van der Waals surface area contributed by atoms with Crippen LogP contribution >= 0.6 is 0 Å². The number of methoxy groups -OCH3 is 1. The normalized spacial score (nSPS) is 9.91. The van der Waals surface area contributed by atoms with E-state index in [0.29, 0.717) is 16.4 Å². The van der Waals surface area contributed by atoms with Crippen LogP contribution in [0.1, 0.15) is 12.8 Å². The van der Waals surface area contributed by atoms with Gasteiger partial charge in [0.2, 0.25) is 9.76 Å². The second kappa shape index (κ2) is 9.88. The number of hydrogen-bond donors (Lipinski definition) is 0. The van der Waals surface area contributed by atoms with Crippen LogP contribution in [0, 0.1) is 0 Å². The molecule has 0 unspecified atom stereocenters. The molecule has 2 radical (unpaired) electrons. The molecule has 0 aliphatic heterocycles. The highest BCUT2D eigenvalue weighted by Crippen LogP contribution is 1.95. The summed E-state index contributed by atoms with van der Waals surface area (Å²) >= 11 is 0. The summed E-state index contributed by atoms with van der Waals surface area (Å²) in [5.74, 6) is 0. The molecular weight excluding hydrogens is 156 g/mol.